The summed E-state index contributed by atoms with van der Waals surface area (Å²) in [4.78, 5) is 0.0127. The van der Waals surface area contributed by atoms with Gasteiger partial charge in [0.2, 0.25) is 10.0 Å². The van der Waals surface area contributed by atoms with Gasteiger partial charge in [0.1, 0.15) is 10.6 Å². The zero-order valence-electron chi connectivity index (χ0n) is 11.6. The van der Waals surface area contributed by atoms with Crippen molar-refractivity contribution < 1.29 is 23.0 Å². The molecule has 0 aliphatic rings. The Morgan fingerprint density at radius 3 is 2.55 bits per heavy atom. The van der Waals surface area contributed by atoms with E-state index in [1.54, 1.807) is 0 Å². The van der Waals surface area contributed by atoms with Crippen LogP contribution in [0, 0.1) is 0 Å². The molecule has 0 saturated heterocycles. The molecular formula is C12H20N2O5S. The Labute approximate surface area is 119 Å². The van der Waals surface area contributed by atoms with E-state index in [9.17, 15) is 8.42 Å². The average molecular weight is 304 g/mol. The third-order valence-electron chi connectivity index (χ3n) is 2.70. The number of nitrogens with zero attached hydrogens (tertiary/aromatic N) is 1. The number of hydrogen-bond donors (Lipinski definition) is 2. The molecular weight excluding hydrogens is 284 g/mol. The molecule has 7 nitrogen and oxygen atoms in total. The Morgan fingerprint density at radius 2 is 2.00 bits per heavy atom. The molecule has 0 bridgehead atoms. The standard InChI is InChI=1S/C12H20N2O5S/c1-18-8-6-14(5-7-15)20(16,17)12-4-3-10(13)9-11(12)19-2/h3-4,9,15H,5-8,13H2,1-2H3. The van der Waals surface area contributed by atoms with Crippen LogP contribution in [0.25, 0.3) is 0 Å². The molecule has 0 unspecified atom stereocenters. The van der Waals surface area contributed by atoms with Gasteiger partial charge < -0.3 is 20.3 Å². The van der Waals surface area contributed by atoms with Crippen molar-refractivity contribution in [2.45, 2.75) is 4.90 Å². The molecule has 114 valence electrons. The van der Waals surface area contributed by atoms with E-state index >= 15 is 0 Å². The lowest BCUT2D eigenvalue weighted by Crippen LogP contribution is -2.36. The van der Waals surface area contributed by atoms with Crippen LogP contribution in [0.2, 0.25) is 0 Å². The van der Waals surface area contributed by atoms with Gasteiger partial charge in [-0.1, -0.05) is 0 Å². The molecule has 1 rings (SSSR count). The van der Waals surface area contributed by atoms with Crippen molar-refractivity contribution in [1.29, 1.82) is 0 Å². The van der Waals surface area contributed by atoms with Crippen LogP contribution in [0.4, 0.5) is 5.69 Å². The second-order valence-electron chi connectivity index (χ2n) is 4.03. The molecule has 0 aliphatic carbocycles. The predicted molar refractivity (Wildman–Crippen MR) is 75.1 cm³/mol. The minimum absolute atomic E-state index is 0.0127. The Hall–Kier alpha value is -1.35. The van der Waals surface area contributed by atoms with Crippen LogP contribution in [0.5, 0.6) is 5.75 Å². The smallest absolute Gasteiger partial charge is 0.246 e. The lowest BCUT2D eigenvalue weighted by atomic mass is 10.3. The third-order valence-corrected chi connectivity index (χ3v) is 4.64. The highest BCUT2D eigenvalue weighted by Crippen LogP contribution is 2.28. The molecule has 1 aromatic rings. The number of hydrogen-bond acceptors (Lipinski definition) is 6. The number of rotatable bonds is 8. The molecule has 0 heterocycles. The molecule has 3 N–H and O–H groups in total. The summed E-state index contributed by atoms with van der Waals surface area (Å²) in [5.41, 5.74) is 6.02. The highest BCUT2D eigenvalue weighted by atomic mass is 32.2. The van der Waals surface area contributed by atoms with Gasteiger partial charge in [0.05, 0.1) is 20.3 Å². The van der Waals surface area contributed by atoms with E-state index in [2.05, 4.69) is 0 Å². The first-order valence-electron chi connectivity index (χ1n) is 6.00. The first-order chi connectivity index (χ1) is 9.47. The molecule has 0 radical (unpaired) electrons. The molecule has 1 aromatic carbocycles. The Balaban J connectivity index is 3.18. The van der Waals surface area contributed by atoms with Gasteiger partial charge in [0.15, 0.2) is 0 Å². The van der Waals surface area contributed by atoms with E-state index in [1.165, 1.54) is 32.4 Å². The summed E-state index contributed by atoms with van der Waals surface area (Å²) in [6, 6.07) is 4.32. The first-order valence-corrected chi connectivity index (χ1v) is 7.44. The summed E-state index contributed by atoms with van der Waals surface area (Å²) in [6.07, 6.45) is 0. The topological polar surface area (TPSA) is 102 Å². The molecule has 0 spiro atoms. The molecule has 0 saturated carbocycles. The Morgan fingerprint density at radius 1 is 1.30 bits per heavy atom. The fourth-order valence-corrected chi connectivity index (χ4v) is 3.24. The molecule has 0 aliphatic heterocycles. The summed E-state index contributed by atoms with van der Waals surface area (Å²) in [7, 11) is -0.928. The number of methoxy groups -OCH3 is 2. The maximum Gasteiger partial charge on any atom is 0.246 e. The molecule has 0 amide bonds. The second-order valence-corrected chi connectivity index (χ2v) is 5.94. The van der Waals surface area contributed by atoms with E-state index < -0.39 is 10.0 Å². The van der Waals surface area contributed by atoms with E-state index in [-0.39, 0.29) is 36.9 Å². The van der Waals surface area contributed by atoms with E-state index in [1.807, 2.05) is 0 Å². The normalized spacial score (nSPS) is 11.8. The average Bonchev–Trinajstić information content (AvgIpc) is 2.42. The Bertz CT molecular complexity index is 533. The van der Waals surface area contributed by atoms with E-state index in [0.717, 1.165) is 4.31 Å². The highest BCUT2D eigenvalue weighted by Gasteiger charge is 2.27. The summed E-state index contributed by atoms with van der Waals surface area (Å²) >= 11 is 0. The van der Waals surface area contributed by atoms with Crippen LogP contribution < -0.4 is 10.5 Å². The molecule has 0 fully saturated rings. The lowest BCUT2D eigenvalue weighted by Gasteiger charge is -2.22. The number of anilines is 1. The quantitative estimate of drug-likeness (QED) is 0.651. The first kappa shape index (κ1) is 16.7. The number of aliphatic hydroxyl groups is 1. The third kappa shape index (κ3) is 3.83. The van der Waals surface area contributed by atoms with Gasteiger partial charge in [0, 0.05) is 32.0 Å². The van der Waals surface area contributed by atoms with Crippen LogP contribution in [0.3, 0.4) is 0 Å². The van der Waals surface area contributed by atoms with Crippen molar-refractivity contribution in [1.82, 2.24) is 4.31 Å². The van der Waals surface area contributed by atoms with Gasteiger partial charge in [-0.05, 0) is 12.1 Å². The zero-order chi connectivity index (χ0) is 15.2. The van der Waals surface area contributed by atoms with Gasteiger partial charge in [-0.25, -0.2) is 8.42 Å². The molecule has 8 heteroatoms. The minimum atomic E-state index is -3.78. The van der Waals surface area contributed by atoms with Crippen molar-refractivity contribution in [2.75, 3.05) is 46.3 Å². The minimum Gasteiger partial charge on any atom is -0.495 e. The van der Waals surface area contributed by atoms with Crippen LogP contribution in [0.15, 0.2) is 23.1 Å². The van der Waals surface area contributed by atoms with Gasteiger partial charge >= 0.3 is 0 Å². The van der Waals surface area contributed by atoms with Crippen molar-refractivity contribution in [2.24, 2.45) is 0 Å². The van der Waals surface area contributed by atoms with Crippen LogP contribution >= 0.6 is 0 Å². The predicted octanol–water partition coefficient (Wildman–Crippen LogP) is -0.0932. The number of ether oxygens (including phenoxy) is 2. The van der Waals surface area contributed by atoms with E-state index in [0.29, 0.717) is 5.69 Å². The zero-order valence-corrected chi connectivity index (χ0v) is 12.4. The summed E-state index contributed by atoms with van der Waals surface area (Å²) in [5.74, 6) is 0.172. The van der Waals surface area contributed by atoms with Crippen LogP contribution in [-0.2, 0) is 14.8 Å². The number of aliphatic hydroxyl groups excluding tert-OH is 1. The van der Waals surface area contributed by atoms with Crippen molar-refractivity contribution in [3.8, 4) is 5.75 Å². The SMILES string of the molecule is COCCN(CCO)S(=O)(=O)c1ccc(N)cc1OC. The van der Waals surface area contributed by atoms with Crippen molar-refractivity contribution in [3.63, 3.8) is 0 Å². The van der Waals surface area contributed by atoms with Crippen molar-refractivity contribution in [3.05, 3.63) is 18.2 Å². The van der Waals surface area contributed by atoms with E-state index in [4.69, 9.17) is 20.3 Å². The molecule has 20 heavy (non-hydrogen) atoms. The van der Waals surface area contributed by atoms with Crippen LogP contribution in [0.1, 0.15) is 0 Å². The van der Waals surface area contributed by atoms with Gasteiger partial charge in [-0.3, -0.25) is 0 Å². The van der Waals surface area contributed by atoms with Crippen LogP contribution in [-0.4, -0.2) is 58.4 Å². The van der Waals surface area contributed by atoms with Gasteiger partial charge in [-0.15, -0.1) is 0 Å². The maximum atomic E-state index is 12.6. The summed E-state index contributed by atoms with van der Waals surface area (Å²) < 4.78 is 36.2. The Kier molecular flexibility index (Phi) is 6.21. The summed E-state index contributed by atoms with van der Waals surface area (Å²) in [6.45, 7) is 0.0862. The fraction of sp³-hybridized carbons (Fsp3) is 0.500. The lowest BCUT2D eigenvalue weighted by molar-refractivity contribution is 0.168. The molecule has 0 aromatic heterocycles. The second kappa shape index (κ2) is 7.44. The summed E-state index contributed by atoms with van der Waals surface area (Å²) in [5, 5.41) is 9.02. The monoisotopic (exact) mass is 304 g/mol. The van der Waals surface area contributed by atoms with Crippen molar-refractivity contribution >= 4 is 15.7 Å². The number of nitrogen functional groups attached to an aromatic ring is 1. The highest BCUT2D eigenvalue weighted by molar-refractivity contribution is 7.89. The largest absolute Gasteiger partial charge is 0.495 e. The number of sulfonamides is 1. The van der Waals surface area contributed by atoms with Gasteiger partial charge in [0.25, 0.3) is 0 Å². The fourth-order valence-electron chi connectivity index (χ4n) is 1.69. The maximum absolute atomic E-state index is 12.6. The number of nitrogens with two attached hydrogens (primary N) is 1. The van der Waals surface area contributed by atoms with Gasteiger partial charge in [-0.2, -0.15) is 4.31 Å². The number of benzene rings is 1. The molecule has 0 atom stereocenters.